The average molecular weight is 536 g/mol. The molecular formula is C26H35F6N3O2. The van der Waals surface area contributed by atoms with Crippen LogP contribution < -0.4 is 10.2 Å². The van der Waals surface area contributed by atoms with E-state index in [1.807, 2.05) is 13.8 Å². The third kappa shape index (κ3) is 6.19. The maximum Gasteiger partial charge on any atom is 0.416 e. The molecule has 0 spiro atoms. The maximum absolute atomic E-state index is 13.8. The van der Waals surface area contributed by atoms with Crippen molar-refractivity contribution in [3.63, 3.8) is 0 Å². The summed E-state index contributed by atoms with van der Waals surface area (Å²) in [5, 5.41) is 3.71. The maximum atomic E-state index is 13.8. The van der Waals surface area contributed by atoms with Gasteiger partial charge in [0.2, 0.25) is 5.91 Å². The number of benzene rings is 1. The average Bonchev–Trinajstić information content (AvgIpc) is 3.28. The fourth-order valence-corrected chi connectivity index (χ4v) is 5.98. The molecule has 3 fully saturated rings. The smallest absolute Gasteiger partial charge is 0.381 e. The molecule has 0 bridgehead atoms. The monoisotopic (exact) mass is 535 g/mol. The quantitative estimate of drug-likeness (QED) is 0.518. The molecule has 3 aliphatic rings. The molecular weight excluding hydrogens is 500 g/mol. The van der Waals surface area contributed by atoms with E-state index < -0.39 is 28.9 Å². The summed E-state index contributed by atoms with van der Waals surface area (Å²) in [5.74, 6) is 0.149. The molecule has 4 rings (SSSR count). The Balaban J connectivity index is 1.44. The van der Waals surface area contributed by atoms with Gasteiger partial charge in [-0.25, -0.2) is 0 Å². The van der Waals surface area contributed by atoms with Gasteiger partial charge < -0.3 is 19.9 Å². The van der Waals surface area contributed by atoms with E-state index in [-0.39, 0.29) is 55.8 Å². The van der Waals surface area contributed by atoms with Crippen LogP contribution in [0, 0.1) is 11.3 Å². The first-order valence-electron chi connectivity index (χ1n) is 13.0. The number of hydrogen-bond acceptors (Lipinski definition) is 4. The van der Waals surface area contributed by atoms with Gasteiger partial charge in [0.15, 0.2) is 0 Å². The minimum atomic E-state index is -4.89. The molecule has 11 heteroatoms. The number of nitrogens with zero attached hydrogens (tertiary/aromatic N) is 2. The number of carbonyl (C=O) groups is 1. The molecule has 1 N–H and O–H groups in total. The van der Waals surface area contributed by atoms with Gasteiger partial charge in [-0.3, -0.25) is 4.79 Å². The Morgan fingerprint density at radius 3 is 2.00 bits per heavy atom. The van der Waals surface area contributed by atoms with Crippen molar-refractivity contribution < 1.29 is 35.9 Å². The third-order valence-corrected chi connectivity index (χ3v) is 8.28. The Labute approximate surface area is 213 Å². The van der Waals surface area contributed by atoms with E-state index in [4.69, 9.17) is 4.74 Å². The highest BCUT2D eigenvalue weighted by molar-refractivity contribution is 5.84. The first-order chi connectivity index (χ1) is 17.3. The van der Waals surface area contributed by atoms with Crippen LogP contribution in [0.4, 0.5) is 32.0 Å². The number of anilines is 1. The molecule has 2 heterocycles. The topological polar surface area (TPSA) is 44.8 Å². The van der Waals surface area contributed by atoms with Gasteiger partial charge in [-0.2, -0.15) is 26.3 Å². The second-order valence-corrected chi connectivity index (χ2v) is 10.8. The first kappa shape index (κ1) is 28.0. The van der Waals surface area contributed by atoms with Crippen molar-refractivity contribution in [3.8, 4) is 0 Å². The van der Waals surface area contributed by atoms with E-state index in [2.05, 4.69) is 5.32 Å². The Morgan fingerprint density at radius 2 is 1.49 bits per heavy atom. The minimum Gasteiger partial charge on any atom is -0.381 e. The van der Waals surface area contributed by atoms with Gasteiger partial charge in [0.1, 0.15) is 0 Å². The van der Waals surface area contributed by atoms with Crippen molar-refractivity contribution in [2.45, 2.75) is 70.4 Å². The van der Waals surface area contributed by atoms with Gasteiger partial charge >= 0.3 is 12.4 Å². The molecule has 1 aromatic carbocycles. The van der Waals surface area contributed by atoms with Crippen molar-refractivity contribution in [3.05, 3.63) is 29.3 Å². The number of piperazine rings is 1. The van der Waals surface area contributed by atoms with Crippen LogP contribution in [0.5, 0.6) is 0 Å². The summed E-state index contributed by atoms with van der Waals surface area (Å²) in [4.78, 5) is 17.0. The van der Waals surface area contributed by atoms with Gasteiger partial charge in [0, 0.05) is 57.2 Å². The second-order valence-electron chi connectivity index (χ2n) is 10.8. The molecule has 2 atom stereocenters. The van der Waals surface area contributed by atoms with E-state index in [9.17, 15) is 31.1 Å². The Hall–Kier alpha value is -2.01. The molecule has 1 saturated carbocycles. The SMILES string of the molecule is CC(C)[C@]1(C(=O)N2CCN(c3cc(C(F)(F)F)cc(C(F)(F)F)c3)CC2)CC[C@@H](NC2CCOCC2)C1. The summed E-state index contributed by atoms with van der Waals surface area (Å²) in [6, 6.07) is 2.27. The molecule has 37 heavy (non-hydrogen) atoms. The zero-order valence-corrected chi connectivity index (χ0v) is 21.2. The van der Waals surface area contributed by atoms with Crippen molar-refractivity contribution in [2.24, 2.45) is 11.3 Å². The van der Waals surface area contributed by atoms with Gasteiger partial charge in [-0.15, -0.1) is 0 Å². The van der Waals surface area contributed by atoms with Gasteiger partial charge in [-0.05, 0) is 56.2 Å². The van der Waals surface area contributed by atoms with Crippen molar-refractivity contribution in [1.82, 2.24) is 10.2 Å². The number of alkyl halides is 6. The number of hydrogen-bond donors (Lipinski definition) is 1. The van der Waals surface area contributed by atoms with Crippen LogP contribution >= 0.6 is 0 Å². The standard InChI is InChI=1S/C26H35F6N3O2/c1-17(2)24(6-3-21(16-24)33-20-4-11-37-12-5-20)23(36)35-9-7-34(8-10-35)22-14-18(25(27,28)29)13-19(15-22)26(30,31)32/h13-15,17,20-21,33H,3-12,16H2,1-2H3/t21-,24+/m1/s1. The predicted molar refractivity (Wildman–Crippen MR) is 127 cm³/mol. The fraction of sp³-hybridized carbons (Fsp3) is 0.731. The van der Waals surface area contributed by atoms with Crippen LogP contribution in [0.25, 0.3) is 0 Å². The largest absolute Gasteiger partial charge is 0.416 e. The minimum absolute atomic E-state index is 0.0402. The molecule has 0 aromatic heterocycles. The first-order valence-corrected chi connectivity index (χ1v) is 13.0. The molecule has 1 aromatic rings. The number of rotatable bonds is 5. The van der Waals surface area contributed by atoms with E-state index in [0.29, 0.717) is 6.04 Å². The summed E-state index contributed by atoms with van der Waals surface area (Å²) in [7, 11) is 0. The summed E-state index contributed by atoms with van der Waals surface area (Å²) in [5.41, 5.74) is -3.31. The number of halogens is 6. The molecule has 2 saturated heterocycles. The van der Waals surface area contributed by atoms with Crippen molar-refractivity contribution in [1.29, 1.82) is 0 Å². The number of carbonyl (C=O) groups excluding carboxylic acids is 1. The third-order valence-electron chi connectivity index (χ3n) is 8.28. The molecule has 1 amide bonds. The number of nitrogens with one attached hydrogen (secondary N) is 1. The van der Waals surface area contributed by atoms with Gasteiger partial charge in [0.05, 0.1) is 16.5 Å². The van der Waals surface area contributed by atoms with Crippen molar-refractivity contribution >= 4 is 11.6 Å². The highest BCUT2D eigenvalue weighted by Crippen LogP contribution is 2.46. The van der Waals surface area contributed by atoms with E-state index in [0.717, 1.165) is 57.5 Å². The highest BCUT2D eigenvalue weighted by Gasteiger charge is 2.50. The van der Waals surface area contributed by atoms with Crippen LogP contribution in [0.3, 0.4) is 0 Å². The summed E-state index contributed by atoms with van der Waals surface area (Å²) in [6.45, 7) is 6.41. The van der Waals surface area contributed by atoms with Crippen molar-refractivity contribution in [2.75, 3.05) is 44.3 Å². The molecule has 5 nitrogen and oxygen atoms in total. The molecule has 0 unspecified atom stereocenters. The number of amides is 1. The van der Waals surface area contributed by atoms with Crippen LogP contribution in [0.1, 0.15) is 57.1 Å². The zero-order valence-electron chi connectivity index (χ0n) is 21.2. The molecule has 1 aliphatic carbocycles. The Bertz CT molecular complexity index is 920. The van der Waals surface area contributed by atoms with Crippen LogP contribution in [0.15, 0.2) is 18.2 Å². The Kier molecular flexibility index (Phi) is 8.05. The van der Waals surface area contributed by atoms with Crippen LogP contribution in [0.2, 0.25) is 0 Å². The lowest BCUT2D eigenvalue weighted by Crippen LogP contribution is -2.54. The van der Waals surface area contributed by atoms with Crippen LogP contribution in [-0.2, 0) is 21.9 Å². The normalized spacial score (nSPS) is 26.2. The lowest BCUT2D eigenvalue weighted by atomic mass is 9.74. The van der Waals surface area contributed by atoms with Gasteiger partial charge in [-0.1, -0.05) is 13.8 Å². The number of ether oxygens (including phenoxy) is 1. The lowest BCUT2D eigenvalue weighted by Gasteiger charge is -2.42. The molecule has 2 aliphatic heterocycles. The van der Waals surface area contributed by atoms with E-state index in [1.54, 1.807) is 4.90 Å². The van der Waals surface area contributed by atoms with Gasteiger partial charge in [0.25, 0.3) is 0 Å². The zero-order chi connectivity index (χ0) is 27.0. The second kappa shape index (κ2) is 10.6. The van der Waals surface area contributed by atoms with Crippen LogP contribution in [-0.4, -0.2) is 62.3 Å². The summed E-state index contributed by atoms with van der Waals surface area (Å²) in [6.07, 6.45) is -5.51. The molecule has 208 valence electrons. The fourth-order valence-electron chi connectivity index (χ4n) is 5.98. The lowest BCUT2D eigenvalue weighted by molar-refractivity contribution is -0.145. The van der Waals surface area contributed by atoms with E-state index >= 15 is 0 Å². The molecule has 0 radical (unpaired) electrons. The summed E-state index contributed by atoms with van der Waals surface area (Å²) >= 11 is 0. The predicted octanol–water partition coefficient (Wildman–Crippen LogP) is 5.34. The highest BCUT2D eigenvalue weighted by atomic mass is 19.4. The Morgan fingerprint density at radius 1 is 0.919 bits per heavy atom. The summed E-state index contributed by atoms with van der Waals surface area (Å²) < 4.78 is 85.2. The van der Waals surface area contributed by atoms with E-state index in [1.165, 1.54) is 4.90 Å².